The number of carbonyl (C=O) groups is 1. The van der Waals surface area contributed by atoms with Crippen molar-refractivity contribution in [1.82, 2.24) is 19.7 Å². The minimum Gasteiger partial charge on any atom is -0.391 e. The number of aryl methyl sites for hydroxylation is 1. The molecule has 1 fully saturated rings. The number of nitrogens with zero attached hydrogens (tertiary/aromatic N) is 4. The van der Waals surface area contributed by atoms with Gasteiger partial charge in [0.15, 0.2) is 0 Å². The zero-order valence-electron chi connectivity index (χ0n) is 12.8. The van der Waals surface area contributed by atoms with Crippen LogP contribution in [0.2, 0.25) is 0 Å². The van der Waals surface area contributed by atoms with Crippen molar-refractivity contribution < 1.29 is 9.90 Å². The molecule has 1 amide bonds. The highest BCUT2D eigenvalue weighted by atomic mass is 16.3. The molecule has 1 aromatic carbocycles. The normalized spacial score (nSPS) is 21.9. The van der Waals surface area contributed by atoms with Crippen molar-refractivity contribution in [2.75, 3.05) is 13.1 Å². The summed E-state index contributed by atoms with van der Waals surface area (Å²) in [4.78, 5) is 18.3. The maximum absolute atomic E-state index is 12.7. The summed E-state index contributed by atoms with van der Waals surface area (Å²) in [5, 5.41) is 14.1. The lowest BCUT2D eigenvalue weighted by atomic mass is 9.95. The number of carbonyl (C=O) groups excluding carboxylic acids is 1. The van der Waals surface area contributed by atoms with Gasteiger partial charge in [-0.15, -0.1) is 0 Å². The number of hydrogen-bond acceptors (Lipinski definition) is 4. The van der Waals surface area contributed by atoms with Crippen LogP contribution in [0.3, 0.4) is 0 Å². The van der Waals surface area contributed by atoms with Crippen molar-refractivity contribution in [2.24, 2.45) is 5.92 Å². The fourth-order valence-electron chi connectivity index (χ4n) is 2.78. The first kappa shape index (κ1) is 14.7. The number of aliphatic hydroxyl groups excluding tert-OH is 1. The van der Waals surface area contributed by atoms with Crippen LogP contribution < -0.4 is 0 Å². The average Bonchev–Trinajstić information content (AvgIpc) is 3.03. The highest BCUT2D eigenvalue weighted by molar-refractivity contribution is 5.96. The number of piperidine rings is 1. The third-order valence-corrected chi connectivity index (χ3v) is 4.33. The summed E-state index contributed by atoms with van der Waals surface area (Å²) >= 11 is 0. The predicted molar refractivity (Wildman–Crippen MR) is 81.8 cm³/mol. The molecule has 116 valence electrons. The van der Waals surface area contributed by atoms with Gasteiger partial charge in [0.05, 0.1) is 11.8 Å². The molecule has 2 atom stereocenters. The van der Waals surface area contributed by atoms with Gasteiger partial charge in [0, 0.05) is 18.7 Å². The first-order chi connectivity index (χ1) is 10.6. The Balaban J connectivity index is 1.81. The smallest absolute Gasteiger partial charge is 0.254 e. The minimum atomic E-state index is -0.438. The van der Waals surface area contributed by atoms with E-state index in [1.165, 1.54) is 6.33 Å². The molecule has 6 heteroatoms. The van der Waals surface area contributed by atoms with Gasteiger partial charge in [-0.2, -0.15) is 5.10 Å². The molecule has 0 aliphatic carbocycles. The Bertz CT molecular complexity index is 669. The lowest BCUT2D eigenvalue weighted by Crippen LogP contribution is -2.46. The van der Waals surface area contributed by atoms with Gasteiger partial charge in [-0.05, 0) is 43.0 Å². The molecule has 1 saturated heterocycles. The van der Waals surface area contributed by atoms with Gasteiger partial charge in [-0.1, -0.05) is 6.92 Å². The van der Waals surface area contributed by atoms with Crippen LogP contribution in [0, 0.1) is 12.8 Å². The Hall–Kier alpha value is -2.21. The molecule has 0 saturated carbocycles. The van der Waals surface area contributed by atoms with Crippen LogP contribution in [0.5, 0.6) is 0 Å². The first-order valence-electron chi connectivity index (χ1n) is 7.49. The Labute approximate surface area is 129 Å². The number of amides is 1. The molecule has 1 N–H and O–H groups in total. The third-order valence-electron chi connectivity index (χ3n) is 4.33. The van der Waals surface area contributed by atoms with Crippen molar-refractivity contribution in [1.29, 1.82) is 0 Å². The minimum absolute atomic E-state index is 0.0198. The van der Waals surface area contributed by atoms with Crippen LogP contribution in [-0.2, 0) is 0 Å². The van der Waals surface area contributed by atoms with Crippen molar-refractivity contribution in [3.8, 4) is 5.69 Å². The maximum Gasteiger partial charge on any atom is 0.254 e. The number of likely N-dealkylation sites (tertiary alicyclic amines) is 1. The van der Waals surface area contributed by atoms with E-state index < -0.39 is 6.10 Å². The standard InChI is InChI=1S/C16H20N4O2/c1-11-5-6-19(8-15(11)21)16(22)14-4-3-13(7-12(14)2)20-10-17-9-18-20/h3-4,7,9-11,15,21H,5-6,8H2,1-2H3. The molecule has 2 heterocycles. The molecule has 2 aromatic rings. The molecule has 1 aliphatic heterocycles. The molecule has 3 rings (SSSR count). The topological polar surface area (TPSA) is 71.2 Å². The van der Waals surface area contributed by atoms with Gasteiger partial charge in [0.2, 0.25) is 0 Å². The second-order valence-corrected chi connectivity index (χ2v) is 5.92. The number of aromatic nitrogens is 3. The van der Waals surface area contributed by atoms with Gasteiger partial charge in [0.25, 0.3) is 5.91 Å². The van der Waals surface area contributed by atoms with Crippen molar-refractivity contribution >= 4 is 5.91 Å². The Morgan fingerprint density at radius 2 is 2.23 bits per heavy atom. The molecule has 0 spiro atoms. The van der Waals surface area contributed by atoms with Crippen molar-refractivity contribution in [2.45, 2.75) is 26.4 Å². The highest BCUT2D eigenvalue weighted by Crippen LogP contribution is 2.21. The summed E-state index contributed by atoms with van der Waals surface area (Å²) in [6, 6.07) is 5.60. The number of hydrogen-bond donors (Lipinski definition) is 1. The van der Waals surface area contributed by atoms with E-state index in [1.54, 1.807) is 15.9 Å². The molecule has 1 aliphatic rings. The van der Waals surface area contributed by atoms with E-state index in [2.05, 4.69) is 10.1 Å². The predicted octanol–water partition coefficient (Wildman–Crippen LogP) is 1.42. The first-order valence-corrected chi connectivity index (χ1v) is 7.49. The number of rotatable bonds is 2. The summed E-state index contributed by atoms with van der Waals surface area (Å²) < 4.78 is 1.66. The van der Waals surface area contributed by atoms with Gasteiger partial charge in [-0.25, -0.2) is 9.67 Å². The average molecular weight is 300 g/mol. The second-order valence-electron chi connectivity index (χ2n) is 5.92. The molecule has 2 unspecified atom stereocenters. The molecular weight excluding hydrogens is 280 g/mol. The van der Waals surface area contributed by atoms with E-state index in [1.807, 2.05) is 32.0 Å². The number of benzene rings is 1. The molecule has 22 heavy (non-hydrogen) atoms. The van der Waals surface area contributed by atoms with Crippen LogP contribution in [0.15, 0.2) is 30.9 Å². The molecule has 6 nitrogen and oxygen atoms in total. The van der Waals surface area contributed by atoms with E-state index in [0.29, 0.717) is 18.7 Å². The quantitative estimate of drug-likeness (QED) is 0.910. The number of β-amino-alcohol motifs (C(OH)–C–C–N with tert-alkyl or cyclic N) is 1. The monoisotopic (exact) mass is 300 g/mol. The van der Waals surface area contributed by atoms with E-state index in [-0.39, 0.29) is 11.8 Å². The third kappa shape index (κ3) is 2.74. The number of aliphatic hydroxyl groups is 1. The van der Waals surface area contributed by atoms with Crippen molar-refractivity contribution in [3.63, 3.8) is 0 Å². The Kier molecular flexibility index (Phi) is 3.94. The summed E-state index contributed by atoms with van der Waals surface area (Å²) in [7, 11) is 0. The molecule has 1 aromatic heterocycles. The largest absolute Gasteiger partial charge is 0.391 e. The molecule has 0 radical (unpaired) electrons. The maximum atomic E-state index is 12.7. The Morgan fingerprint density at radius 3 is 2.86 bits per heavy atom. The fraction of sp³-hybridized carbons (Fsp3) is 0.438. The summed E-state index contributed by atoms with van der Waals surface area (Å²) in [5.74, 6) is 0.230. The van der Waals surface area contributed by atoms with Crippen LogP contribution >= 0.6 is 0 Å². The lowest BCUT2D eigenvalue weighted by molar-refractivity contribution is 0.0248. The van der Waals surface area contributed by atoms with Crippen LogP contribution in [0.4, 0.5) is 0 Å². The summed E-state index contributed by atoms with van der Waals surface area (Å²) in [5.41, 5.74) is 2.44. The molecule has 0 bridgehead atoms. The second kappa shape index (κ2) is 5.88. The van der Waals surface area contributed by atoms with Crippen LogP contribution in [-0.4, -0.2) is 49.9 Å². The van der Waals surface area contributed by atoms with Gasteiger partial charge < -0.3 is 10.0 Å². The van der Waals surface area contributed by atoms with Crippen molar-refractivity contribution in [3.05, 3.63) is 42.0 Å². The van der Waals surface area contributed by atoms with Crippen LogP contribution in [0.25, 0.3) is 5.69 Å². The lowest BCUT2D eigenvalue weighted by Gasteiger charge is -2.34. The van der Waals surface area contributed by atoms with E-state index in [4.69, 9.17) is 0 Å². The molecular formula is C16H20N4O2. The zero-order chi connectivity index (χ0) is 15.7. The fourth-order valence-corrected chi connectivity index (χ4v) is 2.78. The SMILES string of the molecule is Cc1cc(-n2cncn2)ccc1C(=O)N1CCC(C)C(O)C1. The Morgan fingerprint density at radius 1 is 1.41 bits per heavy atom. The summed E-state index contributed by atoms with van der Waals surface area (Å²) in [6.45, 7) is 5.03. The van der Waals surface area contributed by atoms with Crippen LogP contribution in [0.1, 0.15) is 29.3 Å². The van der Waals surface area contributed by atoms with E-state index in [9.17, 15) is 9.90 Å². The van der Waals surface area contributed by atoms with E-state index in [0.717, 1.165) is 17.7 Å². The van der Waals surface area contributed by atoms with Gasteiger partial charge >= 0.3 is 0 Å². The highest BCUT2D eigenvalue weighted by Gasteiger charge is 2.28. The summed E-state index contributed by atoms with van der Waals surface area (Å²) in [6.07, 6.45) is 3.50. The van der Waals surface area contributed by atoms with E-state index >= 15 is 0 Å². The van der Waals surface area contributed by atoms with Gasteiger partial charge in [-0.3, -0.25) is 4.79 Å². The van der Waals surface area contributed by atoms with Gasteiger partial charge in [0.1, 0.15) is 12.7 Å². The zero-order valence-corrected chi connectivity index (χ0v) is 12.8.